The maximum atomic E-state index is 12.0. The molecule has 1 aliphatic rings. The number of carbonyl (C=O) groups excluding carboxylic acids is 1. The highest BCUT2D eigenvalue weighted by molar-refractivity contribution is 6.29. The Morgan fingerprint density at radius 3 is 2.64 bits per heavy atom. The van der Waals surface area contributed by atoms with Crippen LogP contribution in [0.25, 0.3) is 6.08 Å². The molecule has 5 nitrogen and oxygen atoms in total. The minimum Gasteiger partial charge on any atom is -0.497 e. The lowest BCUT2D eigenvalue weighted by atomic mass is 9.91. The second-order valence-electron chi connectivity index (χ2n) is 5.12. The Morgan fingerprint density at radius 2 is 2.00 bits per heavy atom. The normalized spacial score (nSPS) is 17.3. The number of rotatable bonds is 4. The van der Waals surface area contributed by atoms with Gasteiger partial charge in [-0.05, 0) is 35.9 Å². The van der Waals surface area contributed by atoms with Gasteiger partial charge in [-0.2, -0.15) is 5.10 Å². The molecule has 1 unspecified atom stereocenters. The van der Waals surface area contributed by atoms with E-state index in [1.807, 2.05) is 55.6 Å². The van der Waals surface area contributed by atoms with Crippen LogP contribution in [0.5, 0.6) is 5.75 Å². The van der Waals surface area contributed by atoms with Gasteiger partial charge >= 0.3 is 0 Å². The molecule has 1 aliphatic heterocycles. The van der Waals surface area contributed by atoms with Crippen LogP contribution in [-0.4, -0.2) is 23.7 Å². The van der Waals surface area contributed by atoms with E-state index in [1.165, 1.54) is 0 Å². The van der Waals surface area contributed by atoms with Crippen molar-refractivity contribution in [3.05, 3.63) is 59.4 Å². The first kappa shape index (κ1) is 14.1. The van der Waals surface area contributed by atoms with Crippen molar-refractivity contribution in [2.45, 2.75) is 12.8 Å². The van der Waals surface area contributed by atoms with E-state index in [4.69, 9.17) is 4.74 Å². The van der Waals surface area contributed by atoms with Gasteiger partial charge in [-0.25, -0.2) is 5.43 Å². The minimum absolute atomic E-state index is 0.00562. The number of nitrogens with one attached hydrogen (secondary N) is 2. The van der Waals surface area contributed by atoms with Crippen molar-refractivity contribution >= 4 is 17.7 Å². The van der Waals surface area contributed by atoms with Gasteiger partial charge in [0.25, 0.3) is 5.91 Å². The summed E-state index contributed by atoms with van der Waals surface area (Å²) in [7, 11) is 1.64. The SMILES string of the molecule is COc1ccc(C(C)C2=NNC(=O)/C2=C/c2ccc[nH]2)cc1. The molecule has 5 heteroatoms. The molecule has 2 N–H and O–H groups in total. The summed E-state index contributed by atoms with van der Waals surface area (Å²) in [6.45, 7) is 2.03. The summed E-state index contributed by atoms with van der Waals surface area (Å²) >= 11 is 0. The van der Waals surface area contributed by atoms with Gasteiger partial charge < -0.3 is 9.72 Å². The molecule has 3 rings (SSSR count). The second kappa shape index (κ2) is 5.89. The van der Waals surface area contributed by atoms with E-state index in [9.17, 15) is 4.79 Å². The van der Waals surface area contributed by atoms with Crippen LogP contribution in [-0.2, 0) is 4.79 Å². The van der Waals surface area contributed by atoms with Crippen molar-refractivity contribution in [2.24, 2.45) is 5.10 Å². The molecule has 0 saturated carbocycles. The quantitative estimate of drug-likeness (QED) is 0.852. The summed E-state index contributed by atoms with van der Waals surface area (Å²) in [5.41, 5.74) is 5.83. The Labute approximate surface area is 128 Å². The van der Waals surface area contributed by atoms with E-state index >= 15 is 0 Å². The molecule has 0 radical (unpaired) electrons. The fourth-order valence-corrected chi connectivity index (χ4v) is 2.46. The number of nitrogens with zero attached hydrogens (tertiary/aromatic N) is 1. The Hall–Kier alpha value is -2.82. The lowest BCUT2D eigenvalue weighted by Crippen LogP contribution is -2.15. The molecule has 2 heterocycles. The van der Waals surface area contributed by atoms with Crippen LogP contribution in [0.3, 0.4) is 0 Å². The summed E-state index contributed by atoms with van der Waals surface area (Å²) in [4.78, 5) is 15.1. The van der Waals surface area contributed by atoms with Crippen LogP contribution in [0.2, 0.25) is 0 Å². The van der Waals surface area contributed by atoms with Crippen LogP contribution in [0, 0.1) is 0 Å². The zero-order chi connectivity index (χ0) is 15.5. The molecular formula is C17H17N3O2. The van der Waals surface area contributed by atoms with Gasteiger partial charge in [-0.1, -0.05) is 19.1 Å². The van der Waals surface area contributed by atoms with Crippen LogP contribution in [0.4, 0.5) is 0 Å². The Balaban J connectivity index is 1.90. The van der Waals surface area contributed by atoms with E-state index in [0.29, 0.717) is 5.57 Å². The van der Waals surface area contributed by atoms with E-state index in [2.05, 4.69) is 15.5 Å². The van der Waals surface area contributed by atoms with Crippen molar-refractivity contribution in [3.63, 3.8) is 0 Å². The number of methoxy groups -OCH3 is 1. The summed E-state index contributed by atoms with van der Waals surface area (Å²) in [5.74, 6) is 0.636. The van der Waals surface area contributed by atoms with Crippen LogP contribution < -0.4 is 10.2 Å². The second-order valence-corrected chi connectivity index (χ2v) is 5.12. The van der Waals surface area contributed by atoms with Crippen LogP contribution in [0.15, 0.2) is 53.3 Å². The maximum absolute atomic E-state index is 12.0. The van der Waals surface area contributed by atoms with E-state index in [0.717, 1.165) is 22.7 Å². The van der Waals surface area contributed by atoms with Gasteiger partial charge in [0, 0.05) is 17.8 Å². The van der Waals surface area contributed by atoms with E-state index in [-0.39, 0.29) is 11.8 Å². The Kier molecular flexibility index (Phi) is 3.78. The summed E-state index contributed by atoms with van der Waals surface area (Å²) in [6, 6.07) is 11.6. The first-order valence-electron chi connectivity index (χ1n) is 7.06. The number of amides is 1. The molecule has 0 saturated heterocycles. The van der Waals surface area contributed by atoms with Crippen LogP contribution in [0.1, 0.15) is 24.1 Å². The third-order valence-electron chi connectivity index (χ3n) is 3.75. The van der Waals surface area contributed by atoms with Crippen molar-refractivity contribution in [1.29, 1.82) is 0 Å². The third-order valence-corrected chi connectivity index (χ3v) is 3.75. The number of ether oxygens (including phenoxy) is 1. The van der Waals surface area contributed by atoms with Gasteiger partial charge in [-0.15, -0.1) is 0 Å². The monoisotopic (exact) mass is 295 g/mol. The van der Waals surface area contributed by atoms with Gasteiger partial charge in [0.05, 0.1) is 18.4 Å². The van der Waals surface area contributed by atoms with E-state index in [1.54, 1.807) is 7.11 Å². The Morgan fingerprint density at radius 1 is 1.23 bits per heavy atom. The highest BCUT2D eigenvalue weighted by Gasteiger charge is 2.27. The van der Waals surface area contributed by atoms with Crippen molar-refractivity contribution in [3.8, 4) is 5.75 Å². The molecule has 0 fully saturated rings. The molecule has 0 spiro atoms. The first-order chi connectivity index (χ1) is 10.7. The van der Waals surface area contributed by atoms with Crippen molar-refractivity contribution in [2.75, 3.05) is 7.11 Å². The summed E-state index contributed by atoms with van der Waals surface area (Å²) < 4.78 is 5.17. The number of aromatic amines is 1. The zero-order valence-electron chi connectivity index (χ0n) is 12.5. The number of H-pyrrole nitrogens is 1. The lowest BCUT2D eigenvalue weighted by molar-refractivity contribution is -0.116. The minimum atomic E-state index is -0.176. The molecule has 1 aromatic carbocycles. The van der Waals surface area contributed by atoms with Gasteiger partial charge in [-0.3, -0.25) is 4.79 Å². The number of aromatic nitrogens is 1. The van der Waals surface area contributed by atoms with Crippen molar-refractivity contribution < 1.29 is 9.53 Å². The average molecular weight is 295 g/mol. The number of hydrogen-bond donors (Lipinski definition) is 2. The van der Waals surface area contributed by atoms with E-state index < -0.39 is 0 Å². The third kappa shape index (κ3) is 2.65. The van der Waals surface area contributed by atoms with Gasteiger partial charge in [0.2, 0.25) is 0 Å². The summed E-state index contributed by atoms with van der Waals surface area (Å²) in [6.07, 6.45) is 3.64. The zero-order valence-corrected chi connectivity index (χ0v) is 12.5. The molecule has 22 heavy (non-hydrogen) atoms. The van der Waals surface area contributed by atoms with Gasteiger partial charge in [0.15, 0.2) is 0 Å². The van der Waals surface area contributed by atoms with Crippen LogP contribution >= 0.6 is 0 Å². The predicted octanol–water partition coefficient (Wildman–Crippen LogP) is 2.70. The molecular weight excluding hydrogens is 278 g/mol. The molecule has 1 aromatic heterocycles. The molecule has 2 aromatic rings. The predicted molar refractivity (Wildman–Crippen MR) is 85.8 cm³/mol. The molecule has 112 valence electrons. The smallest absolute Gasteiger partial charge is 0.273 e. The van der Waals surface area contributed by atoms with Crippen molar-refractivity contribution in [1.82, 2.24) is 10.4 Å². The fraction of sp³-hybridized carbons (Fsp3) is 0.176. The number of carbonyl (C=O) groups is 1. The molecule has 0 bridgehead atoms. The number of benzene rings is 1. The first-order valence-corrected chi connectivity index (χ1v) is 7.06. The maximum Gasteiger partial charge on any atom is 0.273 e. The molecule has 1 atom stereocenters. The highest BCUT2D eigenvalue weighted by atomic mass is 16.5. The highest BCUT2D eigenvalue weighted by Crippen LogP contribution is 2.26. The largest absolute Gasteiger partial charge is 0.497 e. The lowest BCUT2D eigenvalue weighted by Gasteiger charge is -2.12. The fourth-order valence-electron chi connectivity index (χ4n) is 2.46. The molecule has 1 amide bonds. The number of hydrazone groups is 1. The van der Waals surface area contributed by atoms with Gasteiger partial charge in [0.1, 0.15) is 5.75 Å². The average Bonchev–Trinajstić information content (AvgIpc) is 3.18. The topological polar surface area (TPSA) is 66.5 Å². The standard InChI is InChI=1S/C17H17N3O2/c1-11(12-5-7-14(22-2)8-6-12)16-15(17(21)20-19-16)10-13-4-3-9-18-13/h3-11,18H,1-2H3,(H,20,21)/b15-10+. The summed E-state index contributed by atoms with van der Waals surface area (Å²) in [5, 5.41) is 4.20. The Bertz CT molecular complexity index is 728. The molecule has 0 aliphatic carbocycles. The number of hydrogen-bond acceptors (Lipinski definition) is 3.